The van der Waals surface area contributed by atoms with Crippen molar-refractivity contribution in [3.63, 3.8) is 0 Å². The number of hydrogen-bond donors (Lipinski definition) is 1. The lowest BCUT2D eigenvalue weighted by Gasteiger charge is -2.04. The van der Waals surface area contributed by atoms with Crippen molar-refractivity contribution >= 4 is 5.91 Å². The fraction of sp³-hybridized carbons (Fsp3) is 0.125. The van der Waals surface area contributed by atoms with Crippen molar-refractivity contribution in [1.82, 2.24) is 20.5 Å². The van der Waals surface area contributed by atoms with Gasteiger partial charge in [-0.15, -0.1) is 10.2 Å². The van der Waals surface area contributed by atoms with E-state index in [0.29, 0.717) is 18.2 Å². The van der Waals surface area contributed by atoms with Crippen LogP contribution >= 0.6 is 0 Å². The molecule has 1 amide bonds. The number of pyridine rings is 1. The van der Waals surface area contributed by atoms with Gasteiger partial charge >= 0.3 is 0 Å². The van der Waals surface area contributed by atoms with Crippen molar-refractivity contribution in [3.05, 3.63) is 66.1 Å². The summed E-state index contributed by atoms with van der Waals surface area (Å²) < 4.78 is 19.0. The number of rotatable bonds is 5. The van der Waals surface area contributed by atoms with Crippen LogP contribution in [0.4, 0.5) is 4.39 Å². The van der Waals surface area contributed by atoms with E-state index in [-0.39, 0.29) is 12.1 Å². The van der Waals surface area contributed by atoms with Crippen molar-refractivity contribution in [1.29, 1.82) is 0 Å². The maximum absolute atomic E-state index is 13.5. The summed E-state index contributed by atoms with van der Waals surface area (Å²) in [6, 6.07) is 9.34. The van der Waals surface area contributed by atoms with Crippen LogP contribution in [0.1, 0.15) is 16.2 Å². The van der Waals surface area contributed by atoms with Gasteiger partial charge < -0.3 is 9.73 Å². The fourth-order valence-corrected chi connectivity index (χ4v) is 1.99. The molecular weight excluding hydrogens is 299 g/mol. The molecule has 116 valence electrons. The zero-order valence-electron chi connectivity index (χ0n) is 12.1. The summed E-state index contributed by atoms with van der Waals surface area (Å²) in [6.45, 7) is 0.269. The zero-order valence-corrected chi connectivity index (χ0v) is 12.1. The molecule has 23 heavy (non-hydrogen) atoms. The van der Waals surface area contributed by atoms with Gasteiger partial charge in [-0.3, -0.25) is 9.78 Å². The van der Waals surface area contributed by atoms with Crippen LogP contribution in [-0.2, 0) is 6.42 Å². The maximum Gasteiger partial charge on any atom is 0.254 e. The molecule has 0 fully saturated rings. The minimum Gasteiger partial charge on any atom is -0.421 e. The van der Waals surface area contributed by atoms with E-state index in [1.165, 1.54) is 18.2 Å². The van der Waals surface area contributed by atoms with E-state index in [9.17, 15) is 9.18 Å². The number of halogens is 1. The van der Waals surface area contributed by atoms with E-state index in [1.54, 1.807) is 30.6 Å². The SMILES string of the molecule is O=C(NCCc1nnc(-c2ccncc2)o1)c1ccccc1F. The first kappa shape index (κ1) is 14.8. The summed E-state index contributed by atoms with van der Waals surface area (Å²) in [4.78, 5) is 15.8. The van der Waals surface area contributed by atoms with Crippen molar-refractivity contribution in [2.75, 3.05) is 6.54 Å². The van der Waals surface area contributed by atoms with Crippen molar-refractivity contribution in [2.24, 2.45) is 0 Å². The largest absolute Gasteiger partial charge is 0.421 e. The van der Waals surface area contributed by atoms with Crippen LogP contribution in [0.5, 0.6) is 0 Å². The quantitative estimate of drug-likeness (QED) is 0.781. The Balaban J connectivity index is 1.56. The first-order chi connectivity index (χ1) is 11.2. The highest BCUT2D eigenvalue weighted by Gasteiger charge is 2.12. The Bertz CT molecular complexity index is 805. The van der Waals surface area contributed by atoms with E-state index in [1.807, 2.05) is 0 Å². The summed E-state index contributed by atoms with van der Waals surface area (Å²) in [7, 11) is 0. The van der Waals surface area contributed by atoms with E-state index in [0.717, 1.165) is 5.56 Å². The van der Waals surface area contributed by atoms with Gasteiger partial charge in [-0.05, 0) is 24.3 Å². The number of carbonyl (C=O) groups is 1. The molecule has 0 unspecified atom stereocenters. The van der Waals surface area contributed by atoms with Gasteiger partial charge in [0.2, 0.25) is 11.8 Å². The second kappa shape index (κ2) is 6.78. The first-order valence-electron chi connectivity index (χ1n) is 6.99. The third-order valence-corrected chi connectivity index (χ3v) is 3.14. The smallest absolute Gasteiger partial charge is 0.254 e. The van der Waals surface area contributed by atoms with Crippen LogP contribution in [0, 0.1) is 5.82 Å². The van der Waals surface area contributed by atoms with Crippen molar-refractivity contribution < 1.29 is 13.6 Å². The molecule has 2 aromatic heterocycles. The Morgan fingerprint density at radius 3 is 2.70 bits per heavy atom. The average Bonchev–Trinajstić information content (AvgIpc) is 3.05. The molecule has 1 N–H and O–H groups in total. The number of hydrogen-bond acceptors (Lipinski definition) is 5. The van der Waals surface area contributed by atoms with Crippen LogP contribution in [0.15, 0.2) is 53.2 Å². The molecule has 1 aromatic carbocycles. The van der Waals surface area contributed by atoms with Gasteiger partial charge in [0.1, 0.15) is 5.82 Å². The summed E-state index contributed by atoms with van der Waals surface area (Å²) >= 11 is 0. The molecule has 3 rings (SSSR count). The van der Waals surface area contributed by atoms with Crippen molar-refractivity contribution in [3.8, 4) is 11.5 Å². The highest BCUT2D eigenvalue weighted by molar-refractivity contribution is 5.94. The molecule has 7 heteroatoms. The van der Waals surface area contributed by atoms with Gasteiger partial charge in [-0.25, -0.2) is 4.39 Å². The van der Waals surface area contributed by atoms with Gasteiger partial charge in [0.05, 0.1) is 5.56 Å². The van der Waals surface area contributed by atoms with E-state index >= 15 is 0 Å². The molecule has 0 saturated heterocycles. The number of benzene rings is 1. The summed E-state index contributed by atoms with van der Waals surface area (Å²) in [5.41, 5.74) is 0.782. The Morgan fingerprint density at radius 1 is 1.13 bits per heavy atom. The molecule has 2 heterocycles. The van der Waals surface area contributed by atoms with Gasteiger partial charge in [0.25, 0.3) is 5.91 Å². The topological polar surface area (TPSA) is 80.9 Å². The Hall–Kier alpha value is -3.09. The second-order valence-corrected chi connectivity index (χ2v) is 4.72. The lowest BCUT2D eigenvalue weighted by molar-refractivity contribution is 0.0949. The minimum atomic E-state index is -0.553. The fourth-order valence-electron chi connectivity index (χ4n) is 1.99. The molecule has 0 aliphatic rings. The summed E-state index contributed by atoms with van der Waals surface area (Å²) in [6.07, 6.45) is 3.62. The van der Waals surface area contributed by atoms with Crippen LogP contribution in [0.2, 0.25) is 0 Å². The van der Waals surface area contributed by atoms with E-state index in [4.69, 9.17) is 4.42 Å². The van der Waals surface area contributed by atoms with Crippen LogP contribution in [0.25, 0.3) is 11.5 Å². The molecule has 0 radical (unpaired) electrons. The van der Waals surface area contributed by atoms with Gasteiger partial charge in [0, 0.05) is 30.9 Å². The standard InChI is InChI=1S/C16H13FN4O2/c17-13-4-2-1-3-12(13)15(22)19-10-7-14-20-21-16(23-14)11-5-8-18-9-6-11/h1-6,8-9H,7,10H2,(H,19,22). The molecule has 0 spiro atoms. The Labute approximate surface area is 131 Å². The molecule has 6 nitrogen and oxygen atoms in total. The van der Waals surface area contributed by atoms with Gasteiger partial charge in [-0.1, -0.05) is 12.1 Å². The molecular formula is C16H13FN4O2. The summed E-state index contributed by atoms with van der Waals surface area (Å²) in [5.74, 6) is -0.242. The predicted octanol–water partition coefficient (Wildman–Crippen LogP) is 2.24. The maximum atomic E-state index is 13.5. The highest BCUT2D eigenvalue weighted by Crippen LogP contribution is 2.16. The molecule has 0 bridgehead atoms. The normalized spacial score (nSPS) is 10.5. The predicted molar refractivity (Wildman–Crippen MR) is 80.0 cm³/mol. The molecule has 0 aliphatic carbocycles. The minimum absolute atomic E-state index is 0.00973. The number of nitrogens with one attached hydrogen (secondary N) is 1. The highest BCUT2D eigenvalue weighted by atomic mass is 19.1. The lowest BCUT2D eigenvalue weighted by Crippen LogP contribution is -2.26. The van der Waals surface area contributed by atoms with E-state index in [2.05, 4.69) is 20.5 Å². The molecule has 0 atom stereocenters. The third kappa shape index (κ3) is 3.57. The lowest BCUT2D eigenvalue weighted by atomic mass is 10.2. The number of amides is 1. The Morgan fingerprint density at radius 2 is 1.91 bits per heavy atom. The van der Waals surface area contributed by atoms with Crippen molar-refractivity contribution in [2.45, 2.75) is 6.42 Å². The van der Waals surface area contributed by atoms with Gasteiger partial charge in [0.15, 0.2) is 0 Å². The Kier molecular flexibility index (Phi) is 4.37. The molecule has 0 saturated carbocycles. The zero-order chi connectivity index (χ0) is 16.1. The van der Waals surface area contributed by atoms with Gasteiger partial charge in [-0.2, -0.15) is 0 Å². The number of nitrogens with zero attached hydrogens (tertiary/aromatic N) is 3. The third-order valence-electron chi connectivity index (χ3n) is 3.14. The van der Waals surface area contributed by atoms with E-state index < -0.39 is 11.7 Å². The molecule has 0 aliphatic heterocycles. The van der Waals surface area contributed by atoms with Crippen LogP contribution < -0.4 is 5.32 Å². The van der Waals surface area contributed by atoms with Crippen LogP contribution in [0.3, 0.4) is 0 Å². The molecule has 3 aromatic rings. The van der Waals surface area contributed by atoms with Crippen LogP contribution in [-0.4, -0.2) is 27.6 Å². The second-order valence-electron chi connectivity index (χ2n) is 4.72. The summed E-state index contributed by atoms with van der Waals surface area (Å²) in [5, 5.41) is 10.5. The number of aromatic nitrogens is 3. The first-order valence-corrected chi connectivity index (χ1v) is 6.99. The average molecular weight is 312 g/mol. The monoisotopic (exact) mass is 312 g/mol. The number of carbonyl (C=O) groups excluding carboxylic acids is 1.